The number of benzene rings is 2. The number of anilines is 1. The SMILES string of the molecule is CNC(=O)c1cccc(NC(=O)c2nc(C3CC3)cn3cc(-c4ccc(-c5c(C)on(C)c5=O)cc4)cc23)c1. The summed E-state index contributed by atoms with van der Waals surface area (Å²) in [5, 5.41) is 5.50. The van der Waals surface area contributed by atoms with Gasteiger partial charge in [-0.3, -0.25) is 14.4 Å². The van der Waals surface area contributed by atoms with Gasteiger partial charge in [-0.25, -0.2) is 4.98 Å². The maximum absolute atomic E-state index is 13.5. The minimum absolute atomic E-state index is 0.176. The molecule has 1 saturated carbocycles. The van der Waals surface area contributed by atoms with Crippen LogP contribution in [-0.2, 0) is 7.05 Å². The monoisotopic (exact) mass is 521 g/mol. The second kappa shape index (κ2) is 9.43. The number of aryl methyl sites for hydroxylation is 2. The van der Waals surface area contributed by atoms with Crippen LogP contribution >= 0.6 is 0 Å². The van der Waals surface area contributed by atoms with Crippen molar-refractivity contribution < 1.29 is 14.1 Å². The number of nitrogens with zero attached hydrogens (tertiary/aromatic N) is 3. The van der Waals surface area contributed by atoms with Gasteiger partial charge < -0.3 is 19.6 Å². The molecule has 2 aromatic carbocycles. The van der Waals surface area contributed by atoms with E-state index in [0.717, 1.165) is 35.2 Å². The highest BCUT2D eigenvalue weighted by Crippen LogP contribution is 2.39. The topological polar surface area (TPSA) is 111 Å². The molecule has 2 amide bonds. The number of carbonyl (C=O) groups is 2. The first-order valence-corrected chi connectivity index (χ1v) is 12.8. The highest BCUT2D eigenvalue weighted by atomic mass is 16.5. The Hall–Kier alpha value is -4.92. The van der Waals surface area contributed by atoms with Crippen LogP contribution in [0.4, 0.5) is 5.69 Å². The number of nitrogens with one attached hydrogen (secondary N) is 2. The second-order valence-corrected chi connectivity index (χ2v) is 9.83. The number of hydrogen-bond donors (Lipinski definition) is 2. The third-order valence-electron chi connectivity index (χ3n) is 7.06. The first-order valence-electron chi connectivity index (χ1n) is 12.8. The molecule has 3 aromatic heterocycles. The van der Waals surface area contributed by atoms with Gasteiger partial charge in [0.1, 0.15) is 5.76 Å². The van der Waals surface area contributed by atoms with Crippen LogP contribution in [-0.4, -0.2) is 33.0 Å². The lowest BCUT2D eigenvalue weighted by Gasteiger charge is -2.10. The summed E-state index contributed by atoms with van der Waals surface area (Å²) in [6.07, 6.45) is 6.09. The third kappa shape index (κ3) is 4.52. The Balaban J connectivity index is 1.36. The predicted molar refractivity (Wildman–Crippen MR) is 148 cm³/mol. The molecule has 1 aliphatic rings. The van der Waals surface area contributed by atoms with Crippen LogP contribution in [0.1, 0.15) is 51.1 Å². The molecule has 9 nitrogen and oxygen atoms in total. The van der Waals surface area contributed by atoms with E-state index in [4.69, 9.17) is 9.51 Å². The molecular weight excluding hydrogens is 494 g/mol. The molecule has 2 N–H and O–H groups in total. The van der Waals surface area contributed by atoms with E-state index in [0.29, 0.717) is 39.7 Å². The largest absolute Gasteiger partial charge is 0.381 e. The van der Waals surface area contributed by atoms with Crippen molar-refractivity contribution in [1.29, 1.82) is 0 Å². The van der Waals surface area contributed by atoms with Gasteiger partial charge >= 0.3 is 0 Å². The van der Waals surface area contributed by atoms with E-state index in [1.807, 2.05) is 47.1 Å². The first-order chi connectivity index (χ1) is 18.8. The van der Waals surface area contributed by atoms with Gasteiger partial charge in [0.2, 0.25) is 0 Å². The molecule has 0 atom stereocenters. The fraction of sp³-hybridized carbons (Fsp3) is 0.200. The lowest BCUT2D eigenvalue weighted by Crippen LogP contribution is -2.19. The van der Waals surface area contributed by atoms with Gasteiger partial charge in [0, 0.05) is 49.2 Å². The normalized spacial score (nSPS) is 13.0. The average Bonchev–Trinajstić information content (AvgIpc) is 3.65. The molecule has 0 bridgehead atoms. The number of rotatable bonds is 6. The minimum atomic E-state index is -0.345. The molecule has 9 heteroatoms. The first kappa shape index (κ1) is 24.4. The van der Waals surface area contributed by atoms with E-state index in [2.05, 4.69) is 10.6 Å². The standard InChI is InChI=1S/C30H27N5O4/c1-17-26(30(38)34(3)39-17)20-11-7-18(8-12-20)22-14-25-27(33-24(19-9-10-19)16-35(25)15-22)29(37)32-23-6-4-5-21(13-23)28(36)31-2/h4-8,11-16,19H,9-10H2,1-3H3,(H,31,36)(H,32,37). The van der Waals surface area contributed by atoms with Crippen molar-refractivity contribution in [2.45, 2.75) is 25.7 Å². The average molecular weight is 522 g/mol. The Labute approximate surface area is 224 Å². The van der Waals surface area contributed by atoms with Crippen LogP contribution < -0.4 is 16.2 Å². The van der Waals surface area contributed by atoms with Crippen molar-refractivity contribution >= 4 is 23.0 Å². The van der Waals surface area contributed by atoms with Crippen LogP contribution in [0, 0.1) is 6.92 Å². The van der Waals surface area contributed by atoms with Gasteiger partial charge in [-0.15, -0.1) is 0 Å². The van der Waals surface area contributed by atoms with Crippen molar-refractivity contribution in [2.24, 2.45) is 7.05 Å². The summed E-state index contributed by atoms with van der Waals surface area (Å²) in [4.78, 5) is 42.7. The lowest BCUT2D eigenvalue weighted by atomic mass is 10.0. The van der Waals surface area contributed by atoms with Crippen molar-refractivity contribution in [3.63, 3.8) is 0 Å². The van der Waals surface area contributed by atoms with E-state index in [1.165, 1.54) is 4.74 Å². The van der Waals surface area contributed by atoms with Gasteiger partial charge in [-0.2, -0.15) is 4.74 Å². The molecule has 1 fully saturated rings. The zero-order valence-corrected chi connectivity index (χ0v) is 21.8. The molecule has 5 aromatic rings. The number of carbonyl (C=O) groups excluding carboxylic acids is 2. The highest BCUT2D eigenvalue weighted by molar-refractivity contribution is 6.08. The fourth-order valence-corrected chi connectivity index (χ4v) is 4.86. The van der Waals surface area contributed by atoms with E-state index in [1.54, 1.807) is 45.3 Å². The fourth-order valence-electron chi connectivity index (χ4n) is 4.86. The van der Waals surface area contributed by atoms with Gasteiger partial charge in [0.15, 0.2) is 5.69 Å². The molecule has 196 valence electrons. The van der Waals surface area contributed by atoms with E-state index in [-0.39, 0.29) is 17.4 Å². The summed E-state index contributed by atoms with van der Waals surface area (Å²) in [7, 11) is 3.16. The molecule has 1 aliphatic carbocycles. The molecule has 6 rings (SSSR count). The van der Waals surface area contributed by atoms with Crippen LogP contribution in [0.3, 0.4) is 0 Å². The van der Waals surface area contributed by atoms with Crippen molar-refractivity contribution in [2.75, 3.05) is 12.4 Å². The molecule has 39 heavy (non-hydrogen) atoms. The Kier molecular flexibility index (Phi) is 5.91. The van der Waals surface area contributed by atoms with Crippen LogP contribution in [0.15, 0.2) is 76.3 Å². The summed E-state index contributed by atoms with van der Waals surface area (Å²) in [5.41, 5.74) is 5.87. The van der Waals surface area contributed by atoms with Gasteiger partial charge in [-0.1, -0.05) is 30.3 Å². The Bertz CT molecular complexity index is 1810. The minimum Gasteiger partial charge on any atom is -0.381 e. The molecular formula is C30H27N5O4. The molecule has 0 spiro atoms. The highest BCUT2D eigenvalue weighted by Gasteiger charge is 2.28. The molecule has 3 heterocycles. The third-order valence-corrected chi connectivity index (χ3v) is 7.06. The number of aromatic nitrogens is 3. The summed E-state index contributed by atoms with van der Waals surface area (Å²) < 4.78 is 8.61. The van der Waals surface area contributed by atoms with Crippen LogP contribution in [0.25, 0.3) is 27.8 Å². The van der Waals surface area contributed by atoms with E-state index >= 15 is 0 Å². The summed E-state index contributed by atoms with van der Waals surface area (Å²) in [5.74, 6) is 0.347. The zero-order valence-electron chi connectivity index (χ0n) is 21.8. The number of amides is 2. The van der Waals surface area contributed by atoms with E-state index in [9.17, 15) is 14.4 Å². The van der Waals surface area contributed by atoms with E-state index < -0.39 is 0 Å². The Morgan fingerprint density at radius 3 is 2.38 bits per heavy atom. The maximum atomic E-state index is 13.5. The van der Waals surface area contributed by atoms with Crippen LogP contribution in [0.2, 0.25) is 0 Å². The van der Waals surface area contributed by atoms with Crippen LogP contribution in [0.5, 0.6) is 0 Å². The molecule has 0 unspecified atom stereocenters. The molecule has 0 radical (unpaired) electrons. The van der Waals surface area contributed by atoms with Crippen molar-refractivity contribution in [3.8, 4) is 22.3 Å². The summed E-state index contributed by atoms with van der Waals surface area (Å²) in [6, 6.07) is 16.4. The van der Waals surface area contributed by atoms with Crippen molar-refractivity contribution in [3.05, 3.63) is 100 Å². The van der Waals surface area contributed by atoms with Gasteiger partial charge in [0.25, 0.3) is 17.4 Å². The molecule has 0 saturated heterocycles. The quantitative estimate of drug-likeness (QED) is 0.335. The number of fused-ring (bicyclic) bond motifs is 1. The predicted octanol–water partition coefficient (Wildman–Crippen LogP) is 4.76. The summed E-state index contributed by atoms with van der Waals surface area (Å²) >= 11 is 0. The lowest BCUT2D eigenvalue weighted by molar-refractivity contribution is 0.0961. The Morgan fingerprint density at radius 1 is 0.974 bits per heavy atom. The zero-order chi connectivity index (χ0) is 27.3. The molecule has 0 aliphatic heterocycles. The maximum Gasteiger partial charge on any atom is 0.290 e. The van der Waals surface area contributed by atoms with Crippen molar-refractivity contribution in [1.82, 2.24) is 19.4 Å². The van der Waals surface area contributed by atoms with Gasteiger partial charge in [-0.05, 0) is 55.2 Å². The number of hydrogen-bond acceptors (Lipinski definition) is 5. The Morgan fingerprint density at radius 2 is 1.72 bits per heavy atom. The second-order valence-electron chi connectivity index (χ2n) is 9.83. The van der Waals surface area contributed by atoms with Gasteiger partial charge in [0.05, 0.1) is 16.8 Å². The smallest absolute Gasteiger partial charge is 0.290 e. The summed E-state index contributed by atoms with van der Waals surface area (Å²) in [6.45, 7) is 1.77.